The first-order valence-electron chi connectivity index (χ1n) is 7.10. The lowest BCUT2D eigenvalue weighted by Gasteiger charge is -2.20. The molecular weight excluding hydrogens is 260 g/mol. The van der Waals surface area contributed by atoms with Crippen LogP contribution in [-0.2, 0) is 6.42 Å². The van der Waals surface area contributed by atoms with Crippen molar-refractivity contribution in [2.24, 2.45) is 5.41 Å². The van der Waals surface area contributed by atoms with Crippen LogP contribution in [0.5, 0.6) is 0 Å². The first kappa shape index (κ1) is 15.1. The minimum Gasteiger partial charge on any atom is -0.399 e. The van der Waals surface area contributed by atoms with Crippen molar-refractivity contribution in [1.29, 1.82) is 0 Å². The molecule has 0 fully saturated rings. The Kier molecular flexibility index (Phi) is 4.32. The van der Waals surface area contributed by atoms with Crippen molar-refractivity contribution < 1.29 is 4.79 Å². The van der Waals surface area contributed by atoms with Gasteiger partial charge in [-0.15, -0.1) is 0 Å². The molecule has 21 heavy (non-hydrogen) atoms. The summed E-state index contributed by atoms with van der Waals surface area (Å²) in [5, 5.41) is 2.92. The maximum Gasteiger partial charge on any atom is 0.255 e. The van der Waals surface area contributed by atoms with Crippen LogP contribution in [0.1, 0.15) is 36.7 Å². The number of benzene rings is 2. The van der Waals surface area contributed by atoms with Crippen molar-refractivity contribution in [1.82, 2.24) is 0 Å². The quantitative estimate of drug-likeness (QED) is 0.832. The second kappa shape index (κ2) is 6.00. The number of amides is 1. The molecule has 0 atom stereocenters. The number of nitrogen functional groups attached to an aromatic ring is 1. The maximum absolute atomic E-state index is 12.2. The predicted molar refractivity (Wildman–Crippen MR) is 88.4 cm³/mol. The van der Waals surface area contributed by atoms with Gasteiger partial charge >= 0.3 is 0 Å². The Morgan fingerprint density at radius 2 is 1.76 bits per heavy atom. The van der Waals surface area contributed by atoms with Crippen molar-refractivity contribution in [3.8, 4) is 0 Å². The predicted octanol–water partition coefficient (Wildman–Crippen LogP) is 4.11. The fourth-order valence-corrected chi connectivity index (χ4v) is 2.20. The number of nitrogens with two attached hydrogens (primary N) is 1. The van der Waals surface area contributed by atoms with Gasteiger partial charge in [-0.3, -0.25) is 4.79 Å². The molecule has 0 saturated carbocycles. The van der Waals surface area contributed by atoms with Crippen molar-refractivity contribution in [3.05, 3.63) is 59.7 Å². The van der Waals surface area contributed by atoms with E-state index >= 15 is 0 Å². The molecule has 0 aromatic heterocycles. The SMILES string of the molecule is CC(C)(C)Cc1cc(NC(=O)c2ccccc2)ccc1N. The summed E-state index contributed by atoms with van der Waals surface area (Å²) in [7, 11) is 0. The average Bonchev–Trinajstić information content (AvgIpc) is 2.42. The van der Waals surface area contributed by atoms with E-state index in [1.807, 2.05) is 36.4 Å². The van der Waals surface area contributed by atoms with Crippen LogP contribution in [0.25, 0.3) is 0 Å². The standard InChI is InChI=1S/C18H22N2O/c1-18(2,3)12-14-11-15(9-10-16(14)19)20-17(21)13-7-5-4-6-8-13/h4-11H,12,19H2,1-3H3,(H,20,21). The van der Waals surface area contributed by atoms with E-state index in [4.69, 9.17) is 5.73 Å². The Labute approximate surface area is 126 Å². The van der Waals surface area contributed by atoms with Gasteiger partial charge in [-0.1, -0.05) is 39.0 Å². The normalized spacial score (nSPS) is 11.2. The van der Waals surface area contributed by atoms with Crippen LogP contribution >= 0.6 is 0 Å². The zero-order valence-electron chi connectivity index (χ0n) is 12.8. The van der Waals surface area contributed by atoms with E-state index in [1.165, 1.54) is 0 Å². The second-order valence-corrected chi connectivity index (χ2v) is 6.47. The smallest absolute Gasteiger partial charge is 0.255 e. The van der Waals surface area contributed by atoms with Crippen LogP contribution in [0.15, 0.2) is 48.5 Å². The highest BCUT2D eigenvalue weighted by Gasteiger charge is 2.14. The van der Waals surface area contributed by atoms with E-state index in [2.05, 4.69) is 26.1 Å². The molecule has 0 radical (unpaired) electrons. The largest absolute Gasteiger partial charge is 0.399 e. The summed E-state index contributed by atoms with van der Waals surface area (Å²) in [5.74, 6) is -0.109. The number of carbonyl (C=O) groups excluding carboxylic acids is 1. The van der Waals surface area contributed by atoms with E-state index in [9.17, 15) is 4.79 Å². The summed E-state index contributed by atoms with van der Waals surface area (Å²) < 4.78 is 0. The minimum atomic E-state index is -0.109. The number of anilines is 2. The molecule has 0 aliphatic carbocycles. The molecule has 3 heteroatoms. The van der Waals surface area contributed by atoms with E-state index in [0.29, 0.717) is 5.56 Å². The molecule has 0 aliphatic heterocycles. The Bertz CT molecular complexity index is 627. The minimum absolute atomic E-state index is 0.109. The number of hydrogen-bond donors (Lipinski definition) is 2. The highest BCUT2D eigenvalue weighted by Crippen LogP contribution is 2.26. The van der Waals surface area contributed by atoms with Crippen LogP contribution in [0.3, 0.4) is 0 Å². The fourth-order valence-electron chi connectivity index (χ4n) is 2.20. The zero-order chi connectivity index (χ0) is 15.5. The lowest BCUT2D eigenvalue weighted by Crippen LogP contribution is -2.14. The third kappa shape index (κ3) is 4.35. The summed E-state index contributed by atoms with van der Waals surface area (Å²) in [6.45, 7) is 6.50. The molecule has 3 nitrogen and oxygen atoms in total. The zero-order valence-corrected chi connectivity index (χ0v) is 12.8. The molecule has 0 bridgehead atoms. The summed E-state index contributed by atoms with van der Waals surface area (Å²) in [5.41, 5.74) is 9.42. The van der Waals surface area contributed by atoms with Crippen LogP contribution in [0.2, 0.25) is 0 Å². The molecule has 2 aromatic rings. The Balaban J connectivity index is 2.18. The summed E-state index contributed by atoms with van der Waals surface area (Å²) >= 11 is 0. The molecule has 3 N–H and O–H groups in total. The van der Waals surface area contributed by atoms with Gasteiger partial charge in [-0.2, -0.15) is 0 Å². The number of rotatable bonds is 3. The van der Waals surface area contributed by atoms with Crippen LogP contribution in [0.4, 0.5) is 11.4 Å². The molecule has 0 heterocycles. The summed E-state index contributed by atoms with van der Waals surface area (Å²) in [6, 6.07) is 14.8. The van der Waals surface area contributed by atoms with Crippen molar-refractivity contribution in [2.75, 3.05) is 11.1 Å². The summed E-state index contributed by atoms with van der Waals surface area (Å²) in [4.78, 5) is 12.2. The highest BCUT2D eigenvalue weighted by atomic mass is 16.1. The van der Waals surface area contributed by atoms with Gasteiger partial charge < -0.3 is 11.1 Å². The molecule has 0 aliphatic rings. The van der Waals surface area contributed by atoms with E-state index in [-0.39, 0.29) is 11.3 Å². The van der Waals surface area contributed by atoms with Gasteiger partial charge in [0.2, 0.25) is 0 Å². The average molecular weight is 282 g/mol. The van der Waals surface area contributed by atoms with E-state index in [0.717, 1.165) is 23.4 Å². The van der Waals surface area contributed by atoms with Crippen molar-refractivity contribution >= 4 is 17.3 Å². The molecule has 2 rings (SSSR count). The Morgan fingerprint density at radius 1 is 1.10 bits per heavy atom. The third-order valence-corrected chi connectivity index (χ3v) is 3.16. The van der Waals surface area contributed by atoms with Gasteiger partial charge in [0, 0.05) is 16.9 Å². The summed E-state index contributed by atoms with van der Waals surface area (Å²) in [6.07, 6.45) is 0.869. The second-order valence-electron chi connectivity index (χ2n) is 6.47. The lowest BCUT2D eigenvalue weighted by molar-refractivity contribution is 0.102. The van der Waals surface area contributed by atoms with Gasteiger partial charge in [-0.05, 0) is 47.7 Å². The first-order chi connectivity index (χ1) is 9.85. The highest BCUT2D eigenvalue weighted by molar-refractivity contribution is 6.04. The topological polar surface area (TPSA) is 55.1 Å². The number of carbonyl (C=O) groups is 1. The maximum atomic E-state index is 12.2. The Hall–Kier alpha value is -2.29. The first-order valence-corrected chi connectivity index (χ1v) is 7.10. The molecule has 0 unspecified atom stereocenters. The monoisotopic (exact) mass is 282 g/mol. The molecule has 2 aromatic carbocycles. The molecular formula is C18H22N2O. The van der Waals surface area contributed by atoms with Crippen molar-refractivity contribution in [3.63, 3.8) is 0 Å². The van der Waals surface area contributed by atoms with E-state index < -0.39 is 0 Å². The Morgan fingerprint density at radius 3 is 2.38 bits per heavy atom. The van der Waals surface area contributed by atoms with Gasteiger partial charge in [0.15, 0.2) is 0 Å². The van der Waals surface area contributed by atoms with Crippen molar-refractivity contribution in [2.45, 2.75) is 27.2 Å². The van der Waals surface area contributed by atoms with Gasteiger partial charge in [0.1, 0.15) is 0 Å². The number of nitrogens with one attached hydrogen (secondary N) is 1. The molecule has 0 spiro atoms. The fraction of sp³-hybridized carbons (Fsp3) is 0.278. The lowest BCUT2D eigenvalue weighted by atomic mass is 9.87. The van der Waals surface area contributed by atoms with E-state index in [1.54, 1.807) is 12.1 Å². The third-order valence-electron chi connectivity index (χ3n) is 3.16. The molecule has 1 amide bonds. The van der Waals surface area contributed by atoms with Crippen LogP contribution in [-0.4, -0.2) is 5.91 Å². The molecule has 0 saturated heterocycles. The van der Waals surface area contributed by atoms with Gasteiger partial charge in [-0.25, -0.2) is 0 Å². The van der Waals surface area contributed by atoms with Crippen LogP contribution in [0, 0.1) is 5.41 Å². The van der Waals surface area contributed by atoms with Gasteiger partial charge in [0.05, 0.1) is 0 Å². The number of hydrogen-bond acceptors (Lipinski definition) is 2. The van der Waals surface area contributed by atoms with Crippen LogP contribution < -0.4 is 11.1 Å². The molecule has 110 valence electrons. The van der Waals surface area contributed by atoms with Gasteiger partial charge in [0.25, 0.3) is 5.91 Å².